The summed E-state index contributed by atoms with van der Waals surface area (Å²) in [6, 6.07) is 3.82. The van der Waals surface area contributed by atoms with Crippen LogP contribution in [0.15, 0.2) is 18.2 Å². The number of halogens is 2. The van der Waals surface area contributed by atoms with Crippen LogP contribution in [0.1, 0.15) is 19.4 Å². The molecule has 0 heterocycles. The molecule has 2 N–H and O–H groups in total. The summed E-state index contributed by atoms with van der Waals surface area (Å²) in [5, 5.41) is 0. The first-order valence-electron chi connectivity index (χ1n) is 5.89. The fourth-order valence-electron chi connectivity index (χ4n) is 1.76. The van der Waals surface area contributed by atoms with Crippen molar-refractivity contribution in [3.63, 3.8) is 0 Å². The zero-order valence-electron chi connectivity index (χ0n) is 10.6. The van der Waals surface area contributed by atoms with Gasteiger partial charge in [-0.1, -0.05) is 12.1 Å². The summed E-state index contributed by atoms with van der Waals surface area (Å²) in [6.07, 6.45) is -0.151. The van der Waals surface area contributed by atoms with Gasteiger partial charge in [0.05, 0.1) is 6.42 Å². The summed E-state index contributed by atoms with van der Waals surface area (Å²) in [6.45, 7) is 4.47. The van der Waals surface area contributed by atoms with Crippen molar-refractivity contribution in [2.24, 2.45) is 5.73 Å². The van der Waals surface area contributed by atoms with E-state index in [1.165, 1.54) is 12.1 Å². The Morgan fingerprint density at radius 2 is 2.06 bits per heavy atom. The number of carbonyl (C=O) groups is 1. The number of hydrogen-bond acceptors (Lipinski definition) is 2. The molecule has 100 valence electrons. The summed E-state index contributed by atoms with van der Waals surface area (Å²) in [5.74, 6) is -2.14. The van der Waals surface area contributed by atoms with E-state index in [9.17, 15) is 13.6 Å². The number of carbonyl (C=O) groups excluding carboxylic acids is 1. The molecule has 0 aliphatic rings. The highest BCUT2D eigenvalue weighted by atomic mass is 19.2. The maximum atomic E-state index is 13.4. The van der Waals surface area contributed by atoms with E-state index in [-0.39, 0.29) is 23.9 Å². The molecular weight excluding hydrogens is 238 g/mol. The van der Waals surface area contributed by atoms with Gasteiger partial charge in [-0.15, -0.1) is 0 Å². The average molecular weight is 256 g/mol. The smallest absolute Gasteiger partial charge is 0.227 e. The lowest BCUT2D eigenvalue weighted by atomic mass is 10.1. The molecule has 18 heavy (non-hydrogen) atoms. The molecule has 0 unspecified atom stereocenters. The van der Waals surface area contributed by atoms with Gasteiger partial charge in [-0.3, -0.25) is 4.79 Å². The second kappa shape index (κ2) is 6.44. The molecule has 0 aliphatic carbocycles. The van der Waals surface area contributed by atoms with Gasteiger partial charge < -0.3 is 10.6 Å². The summed E-state index contributed by atoms with van der Waals surface area (Å²) in [7, 11) is 0. The number of nitrogens with zero attached hydrogens (tertiary/aromatic N) is 1. The van der Waals surface area contributed by atoms with Crippen molar-refractivity contribution in [2.75, 3.05) is 13.1 Å². The number of hydrogen-bond donors (Lipinski definition) is 1. The lowest BCUT2D eigenvalue weighted by molar-refractivity contribution is -0.132. The highest BCUT2D eigenvalue weighted by Gasteiger charge is 2.18. The summed E-state index contributed by atoms with van der Waals surface area (Å²) < 4.78 is 26.5. The molecule has 1 aromatic carbocycles. The third-order valence-corrected chi connectivity index (χ3v) is 2.69. The van der Waals surface area contributed by atoms with Gasteiger partial charge in [-0.05, 0) is 19.9 Å². The van der Waals surface area contributed by atoms with Gasteiger partial charge in [0.1, 0.15) is 0 Å². The van der Waals surface area contributed by atoms with E-state index in [4.69, 9.17) is 5.73 Å². The Bertz CT molecular complexity index is 421. The molecule has 0 saturated carbocycles. The molecule has 1 rings (SSSR count). The van der Waals surface area contributed by atoms with E-state index < -0.39 is 11.6 Å². The number of rotatable bonds is 5. The van der Waals surface area contributed by atoms with E-state index in [1.54, 1.807) is 4.90 Å². The van der Waals surface area contributed by atoms with E-state index >= 15 is 0 Å². The van der Waals surface area contributed by atoms with Crippen molar-refractivity contribution in [1.82, 2.24) is 4.90 Å². The van der Waals surface area contributed by atoms with E-state index in [0.29, 0.717) is 13.1 Å². The van der Waals surface area contributed by atoms with Gasteiger partial charge >= 0.3 is 0 Å². The summed E-state index contributed by atoms with van der Waals surface area (Å²) in [5.41, 5.74) is 5.50. The Labute approximate surface area is 106 Å². The van der Waals surface area contributed by atoms with Crippen molar-refractivity contribution in [2.45, 2.75) is 26.3 Å². The lowest BCUT2D eigenvalue weighted by Gasteiger charge is -2.26. The molecule has 0 atom stereocenters. The molecule has 1 aromatic rings. The zero-order chi connectivity index (χ0) is 13.7. The molecule has 0 radical (unpaired) electrons. The van der Waals surface area contributed by atoms with E-state index in [0.717, 1.165) is 6.07 Å². The molecule has 0 fully saturated rings. The van der Waals surface area contributed by atoms with Crippen LogP contribution in [-0.2, 0) is 11.2 Å². The fourth-order valence-corrected chi connectivity index (χ4v) is 1.76. The molecule has 5 heteroatoms. The largest absolute Gasteiger partial charge is 0.339 e. The van der Waals surface area contributed by atoms with Crippen LogP contribution in [0.5, 0.6) is 0 Å². The van der Waals surface area contributed by atoms with E-state index in [1.807, 2.05) is 13.8 Å². The zero-order valence-corrected chi connectivity index (χ0v) is 10.6. The average Bonchev–Trinajstić information content (AvgIpc) is 2.31. The highest BCUT2D eigenvalue weighted by molar-refractivity contribution is 5.79. The van der Waals surface area contributed by atoms with Gasteiger partial charge in [0, 0.05) is 24.7 Å². The topological polar surface area (TPSA) is 46.3 Å². The fraction of sp³-hybridized carbons (Fsp3) is 0.462. The quantitative estimate of drug-likeness (QED) is 0.871. The molecule has 0 aliphatic heterocycles. The minimum atomic E-state index is -0.956. The SMILES string of the molecule is CC(C)N(CCN)C(=O)Cc1cccc(F)c1F. The standard InChI is InChI=1S/C13H18F2N2O/c1-9(2)17(7-6-16)12(18)8-10-4-3-5-11(14)13(10)15/h3-5,9H,6-8,16H2,1-2H3. The van der Waals surface area contributed by atoms with Crippen LogP contribution < -0.4 is 5.73 Å². The van der Waals surface area contributed by atoms with Gasteiger partial charge in [0.25, 0.3) is 0 Å². The third kappa shape index (κ3) is 3.50. The Balaban J connectivity index is 2.82. The predicted molar refractivity (Wildman–Crippen MR) is 66.0 cm³/mol. The van der Waals surface area contributed by atoms with Crippen LogP contribution in [0, 0.1) is 11.6 Å². The predicted octanol–water partition coefficient (Wildman–Crippen LogP) is 1.70. The molecule has 0 saturated heterocycles. The second-order valence-electron chi connectivity index (χ2n) is 4.36. The second-order valence-corrected chi connectivity index (χ2v) is 4.36. The van der Waals surface area contributed by atoms with Gasteiger partial charge in [0.2, 0.25) is 5.91 Å². The first-order valence-corrected chi connectivity index (χ1v) is 5.89. The monoisotopic (exact) mass is 256 g/mol. The number of benzene rings is 1. The Kier molecular flexibility index (Phi) is 5.22. The van der Waals surface area contributed by atoms with Crippen LogP contribution in [-0.4, -0.2) is 29.9 Å². The van der Waals surface area contributed by atoms with Crippen molar-refractivity contribution in [1.29, 1.82) is 0 Å². The first-order chi connectivity index (χ1) is 8.47. The third-order valence-electron chi connectivity index (χ3n) is 2.69. The van der Waals surface area contributed by atoms with Crippen LogP contribution in [0.4, 0.5) is 8.78 Å². The lowest BCUT2D eigenvalue weighted by Crippen LogP contribution is -2.41. The van der Waals surface area contributed by atoms with Gasteiger partial charge in [-0.2, -0.15) is 0 Å². The Hall–Kier alpha value is -1.49. The maximum absolute atomic E-state index is 13.4. The van der Waals surface area contributed by atoms with Crippen LogP contribution >= 0.6 is 0 Å². The molecule has 0 bridgehead atoms. The van der Waals surface area contributed by atoms with Crippen molar-refractivity contribution >= 4 is 5.91 Å². The number of amides is 1. The Morgan fingerprint density at radius 3 is 2.61 bits per heavy atom. The summed E-state index contributed by atoms with van der Waals surface area (Å²) in [4.78, 5) is 13.5. The Morgan fingerprint density at radius 1 is 1.39 bits per heavy atom. The van der Waals surface area contributed by atoms with Gasteiger partial charge in [-0.25, -0.2) is 8.78 Å². The molecule has 3 nitrogen and oxygen atoms in total. The maximum Gasteiger partial charge on any atom is 0.227 e. The molecule has 0 spiro atoms. The summed E-state index contributed by atoms with van der Waals surface area (Å²) >= 11 is 0. The minimum Gasteiger partial charge on any atom is -0.339 e. The van der Waals surface area contributed by atoms with Crippen LogP contribution in [0.25, 0.3) is 0 Å². The van der Waals surface area contributed by atoms with Gasteiger partial charge in [0.15, 0.2) is 11.6 Å². The normalized spacial score (nSPS) is 10.8. The number of nitrogens with two attached hydrogens (primary N) is 1. The van der Waals surface area contributed by atoms with Crippen LogP contribution in [0.2, 0.25) is 0 Å². The molecular formula is C13H18F2N2O. The van der Waals surface area contributed by atoms with Crippen molar-refractivity contribution in [3.05, 3.63) is 35.4 Å². The first kappa shape index (κ1) is 14.6. The van der Waals surface area contributed by atoms with Crippen LogP contribution in [0.3, 0.4) is 0 Å². The minimum absolute atomic E-state index is 0.0160. The van der Waals surface area contributed by atoms with Crippen molar-refractivity contribution < 1.29 is 13.6 Å². The highest BCUT2D eigenvalue weighted by Crippen LogP contribution is 2.13. The molecule has 0 aromatic heterocycles. The van der Waals surface area contributed by atoms with Crippen molar-refractivity contribution in [3.8, 4) is 0 Å². The van der Waals surface area contributed by atoms with E-state index in [2.05, 4.69) is 0 Å². The molecule has 1 amide bonds.